The van der Waals surface area contributed by atoms with Crippen LogP contribution in [0.1, 0.15) is 53.4 Å². The van der Waals surface area contributed by atoms with Crippen LogP contribution in [-0.2, 0) is 0 Å². The summed E-state index contributed by atoms with van der Waals surface area (Å²) in [6.45, 7) is 8.96. The van der Waals surface area contributed by atoms with Gasteiger partial charge in [-0.1, -0.05) is 64.8 Å². The molecule has 14 heavy (non-hydrogen) atoms. The molecule has 0 N–H and O–H groups in total. The Hall–Kier alpha value is -0.520. The lowest BCUT2D eigenvalue weighted by atomic mass is 10.0. The SMILES string of the molecule is CCCC/C=C/CC(C)/C=C/C(C)C. The first-order chi connectivity index (χ1) is 6.66. The monoisotopic (exact) mass is 194 g/mol. The molecule has 0 saturated carbocycles. The zero-order valence-electron chi connectivity index (χ0n) is 10.3. The molecule has 0 fully saturated rings. The lowest BCUT2D eigenvalue weighted by molar-refractivity contribution is 0.720. The van der Waals surface area contributed by atoms with Crippen LogP contribution in [0.3, 0.4) is 0 Å². The van der Waals surface area contributed by atoms with Gasteiger partial charge in [0.15, 0.2) is 0 Å². The molecular formula is C14H26. The van der Waals surface area contributed by atoms with E-state index in [2.05, 4.69) is 52.0 Å². The zero-order chi connectivity index (χ0) is 10.8. The van der Waals surface area contributed by atoms with E-state index in [9.17, 15) is 0 Å². The van der Waals surface area contributed by atoms with Crippen LogP contribution in [0.2, 0.25) is 0 Å². The minimum atomic E-state index is 0.682. The van der Waals surface area contributed by atoms with Gasteiger partial charge >= 0.3 is 0 Å². The summed E-state index contributed by atoms with van der Waals surface area (Å²) < 4.78 is 0. The van der Waals surface area contributed by atoms with Gasteiger partial charge in [0.1, 0.15) is 0 Å². The molecule has 0 aliphatic carbocycles. The zero-order valence-corrected chi connectivity index (χ0v) is 10.3. The van der Waals surface area contributed by atoms with E-state index in [0.717, 1.165) is 0 Å². The molecule has 1 atom stereocenters. The summed E-state index contributed by atoms with van der Waals surface area (Å²) >= 11 is 0. The van der Waals surface area contributed by atoms with Crippen molar-refractivity contribution in [2.24, 2.45) is 11.8 Å². The molecule has 1 unspecified atom stereocenters. The highest BCUT2D eigenvalue weighted by Crippen LogP contribution is 2.08. The van der Waals surface area contributed by atoms with Gasteiger partial charge in [-0.2, -0.15) is 0 Å². The first-order valence-electron chi connectivity index (χ1n) is 6.00. The summed E-state index contributed by atoms with van der Waals surface area (Å²) in [6.07, 6.45) is 14.3. The standard InChI is InChI=1S/C14H26/c1-5-6-7-8-9-10-14(4)12-11-13(2)3/h8-9,11-14H,5-7,10H2,1-4H3/b9-8+,12-11+. The van der Waals surface area contributed by atoms with Crippen molar-refractivity contribution in [2.45, 2.75) is 53.4 Å². The molecule has 0 aromatic heterocycles. The van der Waals surface area contributed by atoms with Gasteiger partial charge in [-0.15, -0.1) is 0 Å². The van der Waals surface area contributed by atoms with Gasteiger partial charge in [0, 0.05) is 0 Å². The van der Waals surface area contributed by atoms with E-state index in [1.165, 1.54) is 25.7 Å². The van der Waals surface area contributed by atoms with Crippen molar-refractivity contribution in [2.75, 3.05) is 0 Å². The maximum Gasteiger partial charge on any atom is -0.0227 e. The van der Waals surface area contributed by atoms with Crippen LogP contribution in [0.4, 0.5) is 0 Å². The van der Waals surface area contributed by atoms with Gasteiger partial charge in [0.05, 0.1) is 0 Å². The summed E-state index contributed by atoms with van der Waals surface area (Å²) in [5, 5.41) is 0. The third-order valence-corrected chi connectivity index (χ3v) is 2.22. The number of unbranched alkanes of at least 4 members (excludes halogenated alkanes) is 2. The quantitative estimate of drug-likeness (QED) is 0.396. The van der Waals surface area contributed by atoms with Crippen LogP contribution in [0, 0.1) is 11.8 Å². The van der Waals surface area contributed by atoms with Crippen LogP contribution >= 0.6 is 0 Å². The molecule has 0 bridgehead atoms. The van der Waals surface area contributed by atoms with Crippen molar-refractivity contribution in [1.29, 1.82) is 0 Å². The van der Waals surface area contributed by atoms with E-state index in [0.29, 0.717) is 11.8 Å². The minimum Gasteiger partial charge on any atom is -0.0885 e. The summed E-state index contributed by atoms with van der Waals surface area (Å²) in [5.74, 6) is 1.37. The second kappa shape index (κ2) is 9.05. The van der Waals surface area contributed by atoms with E-state index >= 15 is 0 Å². The second-order valence-electron chi connectivity index (χ2n) is 4.46. The smallest absolute Gasteiger partial charge is 0.0227 e. The molecule has 0 saturated heterocycles. The minimum absolute atomic E-state index is 0.682. The Morgan fingerprint density at radius 2 is 1.71 bits per heavy atom. The Kier molecular flexibility index (Phi) is 8.72. The second-order valence-corrected chi connectivity index (χ2v) is 4.46. The summed E-state index contributed by atoms with van der Waals surface area (Å²) in [7, 11) is 0. The Bertz CT molecular complexity index is 163. The Morgan fingerprint density at radius 3 is 2.29 bits per heavy atom. The van der Waals surface area contributed by atoms with Gasteiger partial charge in [0.2, 0.25) is 0 Å². The highest BCUT2D eigenvalue weighted by molar-refractivity contribution is 4.93. The van der Waals surface area contributed by atoms with E-state index in [4.69, 9.17) is 0 Å². The van der Waals surface area contributed by atoms with E-state index in [-0.39, 0.29) is 0 Å². The van der Waals surface area contributed by atoms with Gasteiger partial charge in [-0.3, -0.25) is 0 Å². The van der Waals surface area contributed by atoms with Gasteiger partial charge in [-0.25, -0.2) is 0 Å². The third-order valence-electron chi connectivity index (χ3n) is 2.22. The molecule has 82 valence electrons. The number of hydrogen-bond donors (Lipinski definition) is 0. The molecule has 0 heterocycles. The predicted octanol–water partition coefficient (Wildman–Crippen LogP) is 4.97. The van der Waals surface area contributed by atoms with E-state index < -0.39 is 0 Å². The van der Waals surface area contributed by atoms with Crippen molar-refractivity contribution in [1.82, 2.24) is 0 Å². The van der Waals surface area contributed by atoms with Gasteiger partial charge in [0.25, 0.3) is 0 Å². The lowest BCUT2D eigenvalue weighted by Gasteiger charge is -2.02. The van der Waals surface area contributed by atoms with Crippen LogP contribution in [0.25, 0.3) is 0 Å². The molecule has 0 aliphatic heterocycles. The summed E-state index contributed by atoms with van der Waals surface area (Å²) in [5.41, 5.74) is 0. The highest BCUT2D eigenvalue weighted by Gasteiger charge is 1.93. The average molecular weight is 194 g/mol. The van der Waals surface area contributed by atoms with Crippen molar-refractivity contribution in [3.05, 3.63) is 24.3 Å². The number of rotatable bonds is 7. The largest absolute Gasteiger partial charge is 0.0885 e. The summed E-state index contributed by atoms with van der Waals surface area (Å²) in [6, 6.07) is 0. The molecule has 0 aliphatic rings. The van der Waals surface area contributed by atoms with Crippen molar-refractivity contribution in [3.63, 3.8) is 0 Å². The summed E-state index contributed by atoms with van der Waals surface area (Å²) in [4.78, 5) is 0. The lowest BCUT2D eigenvalue weighted by Crippen LogP contribution is -1.88. The molecular weight excluding hydrogens is 168 g/mol. The first-order valence-corrected chi connectivity index (χ1v) is 6.00. The molecule has 0 aromatic carbocycles. The normalized spacial score (nSPS) is 14.6. The average Bonchev–Trinajstić information content (AvgIpc) is 2.14. The maximum atomic E-state index is 2.33. The Morgan fingerprint density at radius 1 is 1.00 bits per heavy atom. The molecule has 0 rings (SSSR count). The Balaban J connectivity index is 3.52. The van der Waals surface area contributed by atoms with Crippen molar-refractivity contribution < 1.29 is 0 Å². The van der Waals surface area contributed by atoms with E-state index in [1.807, 2.05) is 0 Å². The topological polar surface area (TPSA) is 0 Å². The fraction of sp³-hybridized carbons (Fsp3) is 0.714. The van der Waals surface area contributed by atoms with Gasteiger partial charge < -0.3 is 0 Å². The van der Waals surface area contributed by atoms with Gasteiger partial charge in [-0.05, 0) is 24.7 Å². The third kappa shape index (κ3) is 9.57. The molecule has 0 nitrogen and oxygen atoms in total. The number of hydrogen-bond acceptors (Lipinski definition) is 0. The van der Waals surface area contributed by atoms with Crippen LogP contribution in [0.5, 0.6) is 0 Å². The van der Waals surface area contributed by atoms with Crippen LogP contribution in [-0.4, -0.2) is 0 Å². The first kappa shape index (κ1) is 13.5. The van der Waals surface area contributed by atoms with Crippen molar-refractivity contribution >= 4 is 0 Å². The van der Waals surface area contributed by atoms with E-state index in [1.54, 1.807) is 0 Å². The van der Waals surface area contributed by atoms with Crippen molar-refractivity contribution in [3.8, 4) is 0 Å². The molecule has 0 amide bonds. The maximum absolute atomic E-state index is 2.33. The molecule has 0 radical (unpaired) electrons. The highest BCUT2D eigenvalue weighted by atomic mass is 14.0. The molecule has 0 spiro atoms. The molecule has 0 aromatic rings. The fourth-order valence-corrected chi connectivity index (χ4v) is 1.24. The molecule has 0 heteroatoms. The van der Waals surface area contributed by atoms with Crippen LogP contribution < -0.4 is 0 Å². The van der Waals surface area contributed by atoms with Crippen LogP contribution in [0.15, 0.2) is 24.3 Å². The number of allylic oxidation sites excluding steroid dienone is 4. The Labute approximate surface area is 90.1 Å². The fourth-order valence-electron chi connectivity index (χ4n) is 1.24. The predicted molar refractivity (Wildman–Crippen MR) is 66.4 cm³/mol.